The summed E-state index contributed by atoms with van der Waals surface area (Å²) in [5.41, 5.74) is 2.41. The molecule has 4 heterocycles. The number of carbonyl (C=O) groups is 1. The molecule has 31 heavy (non-hydrogen) atoms. The number of fused-ring (bicyclic) bond motifs is 1. The van der Waals surface area contributed by atoms with E-state index in [-0.39, 0.29) is 23.1 Å². The van der Waals surface area contributed by atoms with Crippen LogP contribution >= 0.6 is 0 Å². The summed E-state index contributed by atoms with van der Waals surface area (Å²) in [4.78, 5) is 39.8. The number of anilines is 1. The zero-order valence-electron chi connectivity index (χ0n) is 17.1. The minimum atomic E-state index is -0.348. The maximum atomic E-state index is 12.9. The van der Waals surface area contributed by atoms with Gasteiger partial charge in [-0.15, -0.1) is 0 Å². The standard InChI is InChI=1S/C23H22N6O2/c1-28-20-7-3-2-5-15(20)13-17(22(28)31)21(30)26-16-9-12-29(14-16)23-25-11-8-19(27-23)18-6-4-10-24-18/h2-8,10-11,13,16,24H,9,12,14H2,1H3,(H,26,30). The molecule has 1 amide bonds. The number of aromatic nitrogens is 4. The molecule has 156 valence electrons. The van der Waals surface area contributed by atoms with Crippen molar-refractivity contribution < 1.29 is 4.79 Å². The molecule has 2 N–H and O–H groups in total. The van der Waals surface area contributed by atoms with E-state index in [1.54, 1.807) is 19.3 Å². The van der Waals surface area contributed by atoms with E-state index in [0.29, 0.717) is 12.5 Å². The number of pyridine rings is 1. The van der Waals surface area contributed by atoms with Crippen molar-refractivity contribution in [1.82, 2.24) is 24.8 Å². The van der Waals surface area contributed by atoms with E-state index in [0.717, 1.165) is 35.3 Å². The normalized spacial score (nSPS) is 16.0. The number of nitrogens with zero attached hydrogens (tertiary/aromatic N) is 4. The molecule has 1 fully saturated rings. The predicted molar refractivity (Wildman–Crippen MR) is 119 cm³/mol. The SMILES string of the molecule is Cn1c(=O)c(C(=O)NC2CCN(c3nccc(-c4ccc[nH]4)n3)C2)cc2ccccc21. The van der Waals surface area contributed by atoms with E-state index < -0.39 is 0 Å². The van der Waals surface area contributed by atoms with Crippen LogP contribution in [0.25, 0.3) is 22.3 Å². The van der Waals surface area contributed by atoms with Crippen LogP contribution in [0.15, 0.2) is 65.7 Å². The van der Waals surface area contributed by atoms with Gasteiger partial charge in [0.1, 0.15) is 5.56 Å². The molecule has 0 aliphatic carbocycles. The van der Waals surface area contributed by atoms with Gasteiger partial charge in [-0.25, -0.2) is 9.97 Å². The molecule has 1 aromatic carbocycles. The molecule has 8 nitrogen and oxygen atoms in total. The summed E-state index contributed by atoms with van der Waals surface area (Å²) in [5.74, 6) is 0.282. The van der Waals surface area contributed by atoms with E-state index in [9.17, 15) is 9.59 Å². The Kier molecular flexibility index (Phi) is 4.74. The number of H-pyrrole nitrogens is 1. The summed E-state index contributed by atoms with van der Waals surface area (Å²) in [6.07, 6.45) is 4.36. The summed E-state index contributed by atoms with van der Waals surface area (Å²) in [6, 6.07) is 14.9. The zero-order valence-corrected chi connectivity index (χ0v) is 17.1. The van der Waals surface area contributed by atoms with Gasteiger partial charge in [0.2, 0.25) is 5.95 Å². The van der Waals surface area contributed by atoms with Crippen molar-refractivity contribution in [3.05, 3.63) is 76.8 Å². The average Bonchev–Trinajstić information content (AvgIpc) is 3.49. The van der Waals surface area contributed by atoms with E-state index >= 15 is 0 Å². The molecule has 0 bridgehead atoms. The number of hydrogen-bond acceptors (Lipinski definition) is 5. The van der Waals surface area contributed by atoms with Crippen LogP contribution in [0.1, 0.15) is 16.8 Å². The molecule has 1 aliphatic heterocycles. The fraction of sp³-hybridized carbons (Fsp3) is 0.217. The van der Waals surface area contributed by atoms with E-state index in [1.165, 1.54) is 4.57 Å². The third-order valence-corrected chi connectivity index (χ3v) is 5.70. The van der Waals surface area contributed by atoms with Gasteiger partial charge in [-0.1, -0.05) is 18.2 Å². The lowest BCUT2D eigenvalue weighted by atomic mass is 10.1. The van der Waals surface area contributed by atoms with Gasteiger partial charge in [-0.3, -0.25) is 9.59 Å². The first-order valence-corrected chi connectivity index (χ1v) is 10.2. The Labute approximate surface area is 178 Å². The topological polar surface area (TPSA) is 95.9 Å². The minimum Gasteiger partial charge on any atom is -0.360 e. The molecule has 0 spiro atoms. The lowest BCUT2D eigenvalue weighted by Gasteiger charge is -2.17. The molecule has 1 unspecified atom stereocenters. The molecule has 8 heteroatoms. The number of carbonyl (C=O) groups excluding carboxylic acids is 1. The molecule has 0 radical (unpaired) electrons. The van der Waals surface area contributed by atoms with Crippen LogP contribution < -0.4 is 15.8 Å². The van der Waals surface area contributed by atoms with Gasteiger partial charge >= 0.3 is 0 Å². The highest BCUT2D eigenvalue weighted by Gasteiger charge is 2.27. The Bertz CT molecular complexity index is 1310. The zero-order chi connectivity index (χ0) is 21.4. The smallest absolute Gasteiger partial charge is 0.263 e. The highest BCUT2D eigenvalue weighted by Crippen LogP contribution is 2.20. The first-order chi connectivity index (χ1) is 15.1. The summed E-state index contributed by atoms with van der Waals surface area (Å²) in [5, 5.41) is 3.87. The molecule has 3 aromatic heterocycles. The lowest BCUT2D eigenvalue weighted by Crippen LogP contribution is -2.40. The summed E-state index contributed by atoms with van der Waals surface area (Å²) in [7, 11) is 1.69. The quantitative estimate of drug-likeness (QED) is 0.534. The second-order valence-corrected chi connectivity index (χ2v) is 7.71. The largest absolute Gasteiger partial charge is 0.360 e. The Hall–Kier alpha value is -3.94. The van der Waals surface area contributed by atoms with Crippen molar-refractivity contribution in [2.45, 2.75) is 12.5 Å². The first kappa shape index (κ1) is 19.0. The van der Waals surface area contributed by atoms with E-state index in [4.69, 9.17) is 0 Å². The summed E-state index contributed by atoms with van der Waals surface area (Å²) >= 11 is 0. The number of hydrogen-bond donors (Lipinski definition) is 2. The average molecular weight is 414 g/mol. The fourth-order valence-corrected chi connectivity index (χ4v) is 4.05. The van der Waals surface area contributed by atoms with Crippen LogP contribution in [0.5, 0.6) is 0 Å². The highest BCUT2D eigenvalue weighted by atomic mass is 16.2. The van der Waals surface area contributed by atoms with Gasteiger partial charge in [-0.05, 0) is 42.1 Å². The Morgan fingerprint density at radius 1 is 1.19 bits per heavy atom. The highest BCUT2D eigenvalue weighted by molar-refractivity contribution is 5.97. The second-order valence-electron chi connectivity index (χ2n) is 7.71. The number of nitrogens with one attached hydrogen (secondary N) is 2. The van der Waals surface area contributed by atoms with E-state index in [2.05, 4.69) is 25.2 Å². The van der Waals surface area contributed by atoms with Crippen molar-refractivity contribution in [3.63, 3.8) is 0 Å². The summed E-state index contributed by atoms with van der Waals surface area (Å²) in [6.45, 7) is 1.32. The van der Waals surface area contributed by atoms with Gasteiger partial charge in [0.05, 0.1) is 16.9 Å². The van der Waals surface area contributed by atoms with Crippen LogP contribution in [0.2, 0.25) is 0 Å². The third kappa shape index (κ3) is 3.56. The first-order valence-electron chi connectivity index (χ1n) is 10.2. The predicted octanol–water partition coefficient (Wildman–Crippen LogP) is 2.33. The van der Waals surface area contributed by atoms with Gasteiger partial charge < -0.3 is 19.8 Å². The Morgan fingerprint density at radius 3 is 2.90 bits per heavy atom. The maximum Gasteiger partial charge on any atom is 0.263 e. The van der Waals surface area contributed by atoms with E-state index in [1.807, 2.05) is 48.7 Å². The molecular weight excluding hydrogens is 392 g/mol. The Morgan fingerprint density at radius 2 is 2.06 bits per heavy atom. The molecule has 1 aliphatic rings. The molecular formula is C23H22N6O2. The maximum absolute atomic E-state index is 12.9. The molecule has 0 saturated carbocycles. The number of rotatable bonds is 4. The van der Waals surface area contributed by atoms with Gasteiger partial charge in [0, 0.05) is 38.6 Å². The van der Waals surface area contributed by atoms with Crippen LogP contribution in [0.4, 0.5) is 5.95 Å². The fourth-order valence-electron chi connectivity index (χ4n) is 4.05. The van der Waals surface area contributed by atoms with Crippen molar-refractivity contribution in [1.29, 1.82) is 0 Å². The van der Waals surface area contributed by atoms with Crippen molar-refractivity contribution in [2.24, 2.45) is 7.05 Å². The number of amides is 1. The number of aryl methyl sites for hydroxylation is 1. The van der Waals surface area contributed by atoms with Gasteiger partial charge in [-0.2, -0.15) is 0 Å². The van der Waals surface area contributed by atoms with Crippen LogP contribution in [0.3, 0.4) is 0 Å². The molecule has 1 atom stereocenters. The van der Waals surface area contributed by atoms with Crippen molar-refractivity contribution in [2.75, 3.05) is 18.0 Å². The van der Waals surface area contributed by atoms with Crippen LogP contribution in [-0.2, 0) is 7.05 Å². The number of para-hydroxylation sites is 1. The molecule has 5 rings (SSSR count). The minimum absolute atomic E-state index is 0.0820. The molecule has 4 aromatic rings. The number of aromatic amines is 1. The molecule has 1 saturated heterocycles. The summed E-state index contributed by atoms with van der Waals surface area (Å²) < 4.78 is 1.52. The number of benzene rings is 1. The lowest BCUT2D eigenvalue weighted by molar-refractivity contribution is 0.0938. The van der Waals surface area contributed by atoms with Gasteiger partial charge in [0.15, 0.2) is 0 Å². The van der Waals surface area contributed by atoms with Gasteiger partial charge in [0.25, 0.3) is 11.5 Å². The second kappa shape index (κ2) is 7.71. The van der Waals surface area contributed by atoms with Crippen molar-refractivity contribution in [3.8, 4) is 11.4 Å². The monoisotopic (exact) mass is 414 g/mol. The third-order valence-electron chi connectivity index (χ3n) is 5.70. The van der Waals surface area contributed by atoms with Crippen LogP contribution in [0, 0.1) is 0 Å². The van der Waals surface area contributed by atoms with Crippen molar-refractivity contribution >= 4 is 22.8 Å². The van der Waals surface area contributed by atoms with Crippen LogP contribution in [-0.4, -0.2) is 44.6 Å². The Balaban J connectivity index is 1.32.